The summed E-state index contributed by atoms with van der Waals surface area (Å²) in [6.07, 6.45) is 0. The molecule has 0 aromatic heterocycles. The minimum absolute atomic E-state index is 0.0930. The molecule has 1 rings (SSSR count). The van der Waals surface area contributed by atoms with E-state index in [9.17, 15) is 4.79 Å². The maximum Gasteiger partial charge on any atom is 0.344 e. The molecule has 0 aliphatic carbocycles. The number of carboxylic acids is 1. The van der Waals surface area contributed by atoms with Gasteiger partial charge in [0, 0.05) is 0 Å². The van der Waals surface area contributed by atoms with E-state index >= 15 is 0 Å². The number of hydrogen-bond acceptors (Lipinski definition) is 5. The highest BCUT2D eigenvalue weighted by molar-refractivity contribution is 8.17. The smallest absolute Gasteiger partial charge is 0.344 e. The van der Waals surface area contributed by atoms with E-state index in [0.717, 1.165) is 11.8 Å². The number of nitrogens with zero attached hydrogens (tertiary/aromatic N) is 1. The van der Waals surface area contributed by atoms with Gasteiger partial charge in [0.15, 0.2) is 5.17 Å². The van der Waals surface area contributed by atoms with Crippen molar-refractivity contribution in [3.05, 3.63) is 10.6 Å². The van der Waals surface area contributed by atoms with Gasteiger partial charge in [-0.15, -0.1) is 0 Å². The van der Waals surface area contributed by atoms with Gasteiger partial charge < -0.3 is 10.8 Å². The van der Waals surface area contributed by atoms with Gasteiger partial charge >= 0.3 is 5.97 Å². The molecular formula is C7H11N3O2S. The Morgan fingerprint density at radius 1 is 1.69 bits per heavy atom. The minimum Gasteiger partial charge on any atom is -0.477 e. The summed E-state index contributed by atoms with van der Waals surface area (Å²) in [5.74, 6) is -0.880. The average molecular weight is 201 g/mol. The minimum atomic E-state index is -0.973. The predicted octanol–water partition coefficient (Wildman–Crippen LogP) is 0.505. The second-order valence-electron chi connectivity index (χ2n) is 2.87. The molecule has 0 spiro atoms. The summed E-state index contributed by atoms with van der Waals surface area (Å²) in [5, 5.41) is 12.8. The third-order valence-corrected chi connectivity index (χ3v) is 2.41. The number of aliphatic carboxylic acids is 1. The maximum atomic E-state index is 10.8. The van der Waals surface area contributed by atoms with Crippen LogP contribution in [-0.2, 0) is 4.79 Å². The fourth-order valence-electron chi connectivity index (χ4n) is 0.899. The first-order chi connectivity index (χ1) is 6.02. The molecule has 13 heavy (non-hydrogen) atoms. The molecule has 1 aliphatic heterocycles. The summed E-state index contributed by atoms with van der Waals surface area (Å²) in [6, 6.07) is 0. The Bertz CT molecular complexity index is 296. The number of rotatable bonds is 2. The van der Waals surface area contributed by atoms with Gasteiger partial charge in [0.2, 0.25) is 0 Å². The second-order valence-corrected chi connectivity index (χ2v) is 3.90. The summed E-state index contributed by atoms with van der Waals surface area (Å²) in [6.45, 7) is 3.78. The van der Waals surface area contributed by atoms with Crippen molar-refractivity contribution in [3.8, 4) is 0 Å². The number of carboxylic acid groups (broad SMARTS) is 1. The number of nitrogens with one attached hydrogen (secondary N) is 1. The van der Waals surface area contributed by atoms with Crippen molar-refractivity contribution in [2.45, 2.75) is 13.8 Å². The Balaban J connectivity index is 2.97. The Kier molecular flexibility index (Phi) is 2.82. The molecule has 0 bridgehead atoms. The predicted molar refractivity (Wildman–Crippen MR) is 51.8 cm³/mol. The van der Waals surface area contributed by atoms with Gasteiger partial charge in [-0.25, -0.2) is 4.79 Å². The quantitative estimate of drug-likeness (QED) is 0.605. The summed E-state index contributed by atoms with van der Waals surface area (Å²) in [4.78, 5) is 11.0. The van der Waals surface area contributed by atoms with E-state index < -0.39 is 5.97 Å². The van der Waals surface area contributed by atoms with Crippen LogP contribution in [0, 0.1) is 5.92 Å². The largest absolute Gasteiger partial charge is 0.477 e. The number of hydrazone groups is 1. The molecule has 1 heterocycles. The van der Waals surface area contributed by atoms with E-state index in [1.54, 1.807) is 0 Å². The highest BCUT2D eigenvalue weighted by atomic mass is 32.2. The van der Waals surface area contributed by atoms with E-state index in [-0.39, 0.29) is 16.0 Å². The molecule has 0 fully saturated rings. The van der Waals surface area contributed by atoms with Crippen molar-refractivity contribution in [1.29, 1.82) is 0 Å². The first-order valence-corrected chi connectivity index (χ1v) is 4.58. The van der Waals surface area contributed by atoms with Crippen LogP contribution in [-0.4, -0.2) is 16.2 Å². The zero-order chi connectivity index (χ0) is 10.0. The van der Waals surface area contributed by atoms with Crippen LogP contribution in [0.5, 0.6) is 0 Å². The summed E-state index contributed by atoms with van der Waals surface area (Å²) in [7, 11) is 0. The topological polar surface area (TPSA) is 87.7 Å². The molecule has 4 N–H and O–H groups in total. The van der Waals surface area contributed by atoms with Crippen LogP contribution in [0.2, 0.25) is 0 Å². The third-order valence-electron chi connectivity index (χ3n) is 1.51. The summed E-state index contributed by atoms with van der Waals surface area (Å²) < 4.78 is 0. The lowest BCUT2D eigenvalue weighted by molar-refractivity contribution is -0.131. The van der Waals surface area contributed by atoms with Gasteiger partial charge in [-0.3, -0.25) is 5.43 Å². The van der Waals surface area contributed by atoms with Crippen LogP contribution in [0.15, 0.2) is 15.7 Å². The van der Waals surface area contributed by atoms with Crippen LogP contribution < -0.4 is 11.2 Å². The molecule has 0 aromatic rings. The van der Waals surface area contributed by atoms with E-state index in [1.165, 1.54) is 0 Å². The highest BCUT2D eigenvalue weighted by Crippen LogP contribution is 2.26. The fourth-order valence-corrected chi connectivity index (χ4v) is 1.68. The molecule has 72 valence electrons. The molecule has 0 unspecified atom stereocenters. The van der Waals surface area contributed by atoms with Crippen LogP contribution in [0.25, 0.3) is 0 Å². The Morgan fingerprint density at radius 2 is 2.31 bits per heavy atom. The molecule has 0 saturated heterocycles. The third kappa shape index (κ3) is 2.15. The Labute approximate surface area is 80.1 Å². The van der Waals surface area contributed by atoms with Crippen LogP contribution >= 0.6 is 11.8 Å². The average Bonchev–Trinajstić information content (AvgIpc) is 2.03. The first-order valence-electron chi connectivity index (χ1n) is 3.77. The zero-order valence-electron chi connectivity index (χ0n) is 7.37. The number of hydrogen-bond donors (Lipinski definition) is 3. The van der Waals surface area contributed by atoms with E-state index in [0.29, 0.717) is 5.70 Å². The van der Waals surface area contributed by atoms with Crippen LogP contribution in [0.4, 0.5) is 0 Å². The van der Waals surface area contributed by atoms with Gasteiger partial charge in [-0.05, 0) is 17.7 Å². The van der Waals surface area contributed by atoms with Crippen molar-refractivity contribution in [2.24, 2.45) is 16.8 Å². The van der Waals surface area contributed by atoms with Gasteiger partial charge in [-0.2, -0.15) is 5.10 Å². The van der Waals surface area contributed by atoms with Gasteiger partial charge in [0.1, 0.15) is 4.91 Å². The molecule has 0 radical (unpaired) electrons. The molecule has 0 saturated carbocycles. The van der Waals surface area contributed by atoms with Crippen molar-refractivity contribution in [1.82, 2.24) is 5.43 Å². The molecule has 0 atom stereocenters. The zero-order valence-corrected chi connectivity index (χ0v) is 8.18. The molecular weight excluding hydrogens is 190 g/mol. The monoisotopic (exact) mass is 201 g/mol. The van der Waals surface area contributed by atoms with Crippen molar-refractivity contribution in [3.63, 3.8) is 0 Å². The highest BCUT2D eigenvalue weighted by Gasteiger charge is 2.22. The molecule has 5 nitrogen and oxygen atoms in total. The van der Waals surface area contributed by atoms with Gasteiger partial charge in [-0.1, -0.05) is 13.8 Å². The lowest BCUT2D eigenvalue weighted by atomic mass is 10.1. The molecule has 1 aliphatic rings. The number of thioether (sulfide) groups is 1. The van der Waals surface area contributed by atoms with Gasteiger partial charge in [0.25, 0.3) is 0 Å². The molecule has 6 heteroatoms. The maximum absolute atomic E-state index is 10.8. The lowest BCUT2D eigenvalue weighted by Gasteiger charge is -2.18. The second kappa shape index (κ2) is 3.69. The van der Waals surface area contributed by atoms with Gasteiger partial charge in [0.05, 0.1) is 5.70 Å². The summed E-state index contributed by atoms with van der Waals surface area (Å²) >= 11 is 0.976. The number of carbonyl (C=O) groups is 1. The fraction of sp³-hybridized carbons (Fsp3) is 0.429. The number of amidine groups is 1. The normalized spacial score (nSPS) is 17.0. The van der Waals surface area contributed by atoms with E-state index in [1.807, 2.05) is 13.8 Å². The number of allylic oxidation sites excluding steroid dienone is 1. The van der Waals surface area contributed by atoms with E-state index in [2.05, 4.69) is 10.5 Å². The Hall–Kier alpha value is -1.17. The first kappa shape index (κ1) is 9.91. The SMILES string of the molecule is CC(C)C1=C(C(=O)O)SC(N)=NN1. The molecule has 0 amide bonds. The summed E-state index contributed by atoms with van der Waals surface area (Å²) in [5.41, 5.74) is 8.62. The van der Waals surface area contributed by atoms with E-state index in [4.69, 9.17) is 10.8 Å². The van der Waals surface area contributed by atoms with Crippen LogP contribution in [0.1, 0.15) is 13.8 Å². The Morgan fingerprint density at radius 3 is 2.77 bits per heavy atom. The molecule has 0 aromatic carbocycles. The standard InChI is InChI=1S/C7H11N3O2S/c1-3(2)4-5(6(11)12)13-7(8)10-9-4/h3,9H,1-2H3,(H2,8,10)(H,11,12). The lowest BCUT2D eigenvalue weighted by Crippen LogP contribution is -2.26. The number of nitrogens with two attached hydrogens (primary N) is 1. The van der Waals surface area contributed by atoms with Crippen molar-refractivity contribution < 1.29 is 9.90 Å². The van der Waals surface area contributed by atoms with Crippen molar-refractivity contribution >= 4 is 22.9 Å². The van der Waals surface area contributed by atoms with Crippen molar-refractivity contribution in [2.75, 3.05) is 0 Å². The van der Waals surface area contributed by atoms with Crippen LogP contribution in [0.3, 0.4) is 0 Å².